The normalized spacial score (nSPS) is 21.9. The van der Waals surface area contributed by atoms with Crippen LogP contribution in [0.3, 0.4) is 0 Å². The smallest absolute Gasteiger partial charge is 0.271 e. The molecule has 7 nitrogen and oxygen atoms in total. The minimum absolute atomic E-state index is 0.0717. The zero-order valence-electron chi connectivity index (χ0n) is 19.6. The van der Waals surface area contributed by atoms with E-state index in [4.69, 9.17) is 20.4 Å². The molecule has 0 saturated heterocycles. The fourth-order valence-electron chi connectivity index (χ4n) is 5.24. The molecule has 0 radical (unpaired) electrons. The van der Waals surface area contributed by atoms with Crippen LogP contribution in [-0.2, 0) is 31.9 Å². The lowest BCUT2D eigenvalue weighted by Crippen LogP contribution is -2.41. The summed E-state index contributed by atoms with van der Waals surface area (Å²) in [5.41, 5.74) is 14.7. The molecule has 0 aliphatic heterocycles. The summed E-state index contributed by atoms with van der Waals surface area (Å²) in [5, 5.41) is -0.915. The van der Waals surface area contributed by atoms with Gasteiger partial charge in [-0.15, -0.1) is 0 Å². The Kier molecular flexibility index (Phi) is 7.31. The van der Waals surface area contributed by atoms with E-state index >= 15 is 0 Å². The van der Waals surface area contributed by atoms with Gasteiger partial charge < -0.3 is 16.2 Å². The zero-order chi connectivity index (χ0) is 24.3. The van der Waals surface area contributed by atoms with Crippen LogP contribution >= 0.6 is 0 Å². The highest BCUT2D eigenvalue weighted by Gasteiger charge is 2.58. The first-order valence-corrected chi connectivity index (χ1v) is 13.5. The van der Waals surface area contributed by atoms with Crippen molar-refractivity contribution in [2.75, 3.05) is 13.2 Å². The summed E-state index contributed by atoms with van der Waals surface area (Å²) < 4.78 is 36.5. The predicted molar refractivity (Wildman–Crippen MR) is 131 cm³/mol. The lowest BCUT2D eigenvalue weighted by Gasteiger charge is -2.32. The van der Waals surface area contributed by atoms with Gasteiger partial charge in [-0.3, -0.25) is 8.98 Å². The number of hydrogen-bond acceptors (Lipinski definition) is 6. The predicted octanol–water partition coefficient (Wildman–Crippen LogP) is 3.06. The monoisotopic (exact) mass is 486 g/mol. The standard InChI is InChI=1S/C26H34N2O5S/c1-2-24(26(12-13-26)25(28)29)34(30,31)33-15-14-32-20-10-8-19-9-11-23(27)22(21(19)17-20)16-18-6-4-3-5-7-18/h3-8,10,17,22-24H,2,9,11-16,27H2,1H3,(H2,28,29). The molecule has 184 valence electrons. The molecule has 0 spiro atoms. The number of amides is 1. The Labute approximate surface area is 201 Å². The quantitative estimate of drug-likeness (QED) is 0.372. The molecule has 3 unspecified atom stereocenters. The van der Waals surface area contributed by atoms with Gasteiger partial charge in [0.05, 0.1) is 5.41 Å². The molecule has 3 atom stereocenters. The number of nitrogens with two attached hydrogens (primary N) is 2. The number of carbonyl (C=O) groups is 1. The van der Waals surface area contributed by atoms with Gasteiger partial charge >= 0.3 is 0 Å². The van der Waals surface area contributed by atoms with E-state index in [2.05, 4.69) is 18.2 Å². The van der Waals surface area contributed by atoms with Crippen molar-refractivity contribution >= 4 is 16.0 Å². The van der Waals surface area contributed by atoms with Crippen LogP contribution in [0.1, 0.15) is 55.2 Å². The number of primary amides is 1. The van der Waals surface area contributed by atoms with Gasteiger partial charge in [-0.2, -0.15) is 8.42 Å². The fraction of sp³-hybridized carbons (Fsp3) is 0.500. The molecule has 8 heteroatoms. The van der Waals surface area contributed by atoms with Crippen LogP contribution in [0.2, 0.25) is 0 Å². The van der Waals surface area contributed by atoms with Gasteiger partial charge in [0.25, 0.3) is 10.1 Å². The number of aryl methyl sites for hydroxylation is 1. The first kappa shape index (κ1) is 24.7. The van der Waals surface area contributed by atoms with Gasteiger partial charge in [-0.1, -0.05) is 43.3 Å². The largest absolute Gasteiger partial charge is 0.491 e. The van der Waals surface area contributed by atoms with E-state index in [0.29, 0.717) is 18.6 Å². The van der Waals surface area contributed by atoms with Crippen molar-refractivity contribution in [2.45, 2.75) is 62.7 Å². The van der Waals surface area contributed by atoms with Crippen LogP contribution in [0.25, 0.3) is 0 Å². The van der Waals surface area contributed by atoms with Crippen LogP contribution in [0.5, 0.6) is 5.75 Å². The van der Waals surface area contributed by atoms with Crippen LogP contribution in [0.15, 0.2) is 48.5 Å². The molecule has 1 saturated carbocycles. The first-order chi connectivity index (χ1) is 16.3. The SMILES string of the molecule is CCC(C1(C(N)=O)CC1)S(=O)(=O)OCCOc1ccc2c(c1)C(Cc1ccccc1)C(N)CC2. The average molecular weight is 487 g/mol. The van der Waals surface area contributed by atoms with E-state index in [1.165, 1.54) is 16.7 Å². The third-order valence-electron chi connectivity index (χ3n) is 7.29. The third kappa shape index (κ3) is 5.14. The Bertz CT molecular complexity index is 1120. The van der Waals surface area contributed by atoms with Crippen molar-refractivity contribution < 1.29 is 22.1 Å². The highest BCUT2D eigenvalue weighted by atomic mass is 32.2. The molecule has 1 fully saturated rings. The zero-order valence-corrected chi connectivity index (χ0v) is 20.4. The van der Waals surface area contributed by atoms with E-state index in [0.717, 1.165) is 19.3 Å². The maximum atomic E-state index is 12.7. The maximum Gasteiger partial charge on any atom is 0.271 e. The molecular weight excluding hydrogens is 452 g/mol. The molecule has 1 amide bonds. The van der Waals surface area contributed by atoms with Crippen LogP contribution in [-0.4, -0.2) is 38.8 Å². The van der Waals surface area contributed by atoms with E-state index in [1.807, 2.05) is 30.3 Å². The number of hydrogen-bond donors (Lipinski definition) is 2. The minimum Gasteiger partial charge on any atom is -0.491 e. The molecular formula is C26H34N2O5S. The van der Waals surface area contributed by atoms with Crippen molar-refractivity contribution in [3.05, 3.63) is 65.2 Å². The summed E-state index contributed by atoms with van der Waals surface area (Å²) >= 11 is 0. The molecule has 2 aliphatic rings. The molecule has 0 bridgehead atoms. The Hall–Kier alpha value is -2.42. The molecule has 4 N–H and O–H groups in total. The Morgan fingerprint density at radius 1 is 1.15 bits per heavy atom. The van der Waals surface area contributed by atoms with Crippen molar-refractivity contribution in [1.29, 1.82) is 0 Å². The molecule has 0 aromatic heterocycles. The molecule has 4 rings (SSSR count). The topological polar surface area (TPSA) is 122 Å². The number of benzene rings is 2. The van der Waals surface area contributed by atoms with Crippen molar-refractivity contribution in [3.63, 3.8) is 0 Å². The summed E-state index contributed by atoms with van der Waals surface area (Å²) in [6, 6.07) is 16.4. The summed E-state index contributed by atoms with van der Waals surface area (Å²) in [6.45, 7) is 1.68. The van der Waals surface area contributed by atoms with E-state index in [1.54, 1.807) is 6.92 Å². The lowest BCUT2D eigenvalue weighted by atomic mass is 9.76. The lowest BCUT2D eigenvalue weighted by molar-refractivity contribution is -0.123. The second-order valence-corrected chi connectivity index (χ2v) is 11.2. The van der Waals surface area contributed by atoms with Crippen LogP contribution < -0.4 is 16.2 Å². The number of rotatable bonds is 11. The summed E-state index contributed by atoms with van der Waals surface area (Å²) in [7, 11) is -3.93. The van der Waals surface area contributed by atoms with Crippen molar-refractivity contribution in [1.82, 2.24) is 0 Å². The van der Waals surface area contributed by atoms with Crippen LogP contribution in [0.4, 0.5) is 0 Å². The minimum atomic E-state index is -3.93. The molecule has 2 aromatic carbocycles. The summed E-state index contributed by atoms with van der Waals surface area (Å²) in [5.74, 6) is 0.287. The van der Waals surface area contributed by atoms with Gasteiger partial charge in [-0.05, 0) is 67.3 Å². The second kappa shape index (κ2) is 10.1. The molecule has 2 aromatic rings. The molecule has 2 aliphatic carbocycles. The van der Waals surface area contributed by atoms with E-state index in [-0.39, 0.29) is 31.6 Å². The molecule has 0 heterocycles. The van der Waals surface area contributed by atoms with Crippen molar-refractivity contribution in [3.8, 4) is 5.75 Å². The van der Waals surface area contributed by atoms with E-state index < -0.39 is 26.7 Å². The highest BCUT2D eigenvalue weighted by Crippen LogP contribution is 2.52. The Balaban J connectivity index is 1.38. The maximum absolute atomic E-state index is 12.7. The number of fused-ring (bicyclic) bond motifs is 1. The van der Waals surface area contributed by atoms with Gasteiger partial charge in [-0.25, -0.2) is 0 Å². The van der Waals surface area contributed by atoms with Gasteiger partial charge in [0.1, 0.15) is 24.2 Å². The second-order valence-electron chi connectivity index (χ2n) is 9.44. The highest BCUT2D eigenvalue weighted by molar-refractivity contribution is 7.87. The van der Waals surface area contributed by atoms with Gasteiger partial charge in [0, 0.05) is 12.0 Å². The number of ether oxygens (including phenoxy) is 1. The van der Waals surface area contributed by atoms with Gasteiger partial charge in [0.15, 0.2) is 0 Å². The number of carbonyl (C=O) groups excluding carboxylic acids is 1. The summed E-state index contributed by atoms with van der Waals surface area (Å²) in [4.78, 5) is 11.8. The van der Waals surface area contributed by atoms with Gasteiger partial charge in [0.2, 0.25) is 5.91 Å². The molecule has 34 heavy (non-hydrogen) atoms. The average Bonchev–Trinajstić information content (AvgIpc) is 3.61. The van der Waals surface area contributed by atoms with Crippen molar-refractivity contribution in [2.24, 2.45) is 16.9 Å². The third-order valence-corrected chi connectivity index (χ3v) is 9.27. The Morgan fingerprint density at radius 3 is 2.53 bits per heavy atom. The van der Waals surface area contributed by atoms with E-state index in [9.17, 15) is 13.2 Å². The fourth-order valence-corrected chi connectivity index (χ4v) is 7.02. The van der Waals surface area contributed by atoms with Crippen LogP contribution in [0, 0.1) is 5.41 Å². The summed E-state index contributed by atoms with van der Waals surface area (Å²) in [6.07, 6.45) is 3.99. The Morgan fingerprint density at radius 2 is 1.88 bits per heavy atom. The first-order valence-electron chi connectivity index (χ1n) is 12.0.